The topological polar surface area (TPSA) is 84.5 Å². The summed E-state index contributed by atoms with van der Waals surface area (Å²) >= 11 is 9.93. The Balaban J connectivity index is 1.48. The smallest absolute Gasteiger partial charge is 0.255 e. The molecule has 4 rings (SSSR count). The van der Waals surface area contributed by atoms with Crippen molar-refractivity contribution >= 4 is 56.7 Å². The van der Waals surface area contributed by atoms with Crippen molar-refractivity contribution < 1.29 is 17.9 Å². The lowest BCUT2D eigenvalue weighted by atomic mass is 10.2. The minimum absolute atomic E-state index is 0.0636. The van der Waals surface area contributed by atoms with Crippen LogP contribution >= 0.6 is 35.1 Å². The molecule has 0 spiro atoms. The van der Waals surface area contributed by atoms with Crippen LogP contribution in [0.3, 0.4) is 0 Å². The second-order valence-electron chi connectivity index (χ2n) is 7.29. The fourth-order valence-corrected chi connectivity index (χ4v) is 7.88. The quantitative estimate of drug-likeness (QED) is 0.583. The van der Waals surface area contributed by atoms with Crippen LogP contribution in [-0.2, 0) is 14.8 Å². The number of hydrogen-bond donors (Lipinski definition) is 2. The van der Waals surface area contributed by atoms with Crippen LogP contribution in [0.15, 0.2) is 47.4 Å². The van der Waals surface area contributed by atoms with Gasteiger partial charge in [-0.2, -0.15) is 0 Å². The molecule has 1 unspecified atom stereocenters. The highest BCUT2D eigenvalue weighted by Gasteiger charge is 2.24. The Hall–Kier alpha value is -1.23. The average molecular weight is 499 g/mol. The predicted molar refractivity (Wildman–Crippen MR) is 128 cm³/mol. The van der Waals surface area contributed by atoms with Crippen molar-refractivity contribution in [3.8, 4) is 0 Å². The van der Waals surface area contributed by atoms with Crippen LogP contribution in [0.1, 0.15) is 33.3 Å². The second kappa shape index (κ2) is 10.1. The lowest BCUT2D eigenvalue weighted by molar-refractivity contribution is 0.102. The number of carbonyl (C=O) groups excluding carboxylic acids is 1. The van der Waals surface area contributed by atoms with Gasteiger partial charge < -0.3 is 10.1 Å². The maximum Gasteiger partial charge on any atom is 0.255 e. The van der Waals surface area contributed by atoms with Gasteiger partial charge >= 0.3 is 0 Å². The summed E-state index contributed by atoms with van der Waals surface area (Å²) in [6, 6.07) is 12.0. The molecule has 1 amide bonds. The molecule has 2 N–H and O–H groups in total. The number of rotatable bonds is 7. The molecule has 6 nitrogen and oxygen atoms in total. The summed E-state index contributed by atoms with van der Waals surface area (Å²) in [5.74, 6) is 1.85. The number of benzene rings is 2. The maximum atomic E-state index is 12.8. The highest BCUT2D eigenvalue weighted by Crippen LogP contribution is 2.45. The molecule has 2 aromatic carbocycles. The average Bonchev–Trinajstić information content (AvgIpc) is 3.47. The molecular formula is C21H23ClN2O4S3. The molecule has 1 atom stereocenters. The number of carbonyl (C=O) groups is 1. The van der Waals surface area contributed by atoms with Gasteiger partial charge in [0.1, 0.15) is 4.90 Å². The van der Waals surface area contributed by atoms with Crippen LogP contribution in [0, 0.1) is 0 Å². The third kappa shape index (κ3) is 5.77. The van der Waals surface area contributed by atoms with Crippen molar-refractivity contribution in [2.24, 2.45) is 0 Å². The third-order valence-electron chi connectivity index (χ3n) is 5.05. The maximum absolute atomic E-state index is 12.8. The molecule has 31 heavy (non-hydrogen) atoms. The first kappa shape index (κ1) is 22.9. The van der Waals surface area contributed by atoms with Crippen molar-refractivity contribution in [1.29, 1.82) is 0 Å². The zero-order chi connectivity index (χ0) is 21.8. The van der Waals surface area contributed by atoms with Crippen molar-refractivity contribution in [3.05, 3.63) is 58.6 Å². The number of anilines is 1. The van der Waals surface area contributed by atoms with E-state index in [0.717, 1.165) is 29.9 Å². The van der Waals surface area contributed by atoms with Crippen LogP contribution in [-0.4, -0.2) is 45.1 Å². The Bertz CT molecular complexity index is 1050. The van der Waals surface area contributed by atoms with Gasteiger partial charge in [0.15, 0.2) is 0 Å². The van der Waals surface area contributed by atoms with Gasteiger partial charge in [0.2, 0.25) is 10.0 Å². The van der Waals surface area contributed by atoms with E-state index in [-0.39, 0.29) is 28.1 Å². The summed E-state index contributed by atoms with van der Waals surface area (Å²) in [6.07, 6.45) is 1.60. The normalized spacial score (nSPS) is 19.6. The summed E-state index contributed by atoms with van der Waals surface area (Å²) in [6.45, 7) is 0.821. The van der Waals surface area contributed by atoms with E-state index in [4.69, 9.17) is 16.3 Å². The fourth-order valence-electron chi connectivity index (χ4n) is 3.45. The predicted octanol–water partition coefficient (Wildman–Crippen LogP) is 4.53. The molecule has 166 valence electrons. The molecule has 0 aromatic heterocycles. The Morgan fingerprint density at radius 2 is 1.97 bits per heavy atom. The number of ether oxygens (including phenoxy) is 1. The first-order valence-electron chi connectivity index (χ1n) is 9.98. The van der Waals surface area contributed by atoms with E-state index in [0.29, 0.717) is 16.9 Å². The SMILES string of the molecule is O=C(Nc1cccc(C2SCCS2)c1)c1ccc(Cl)c(S(=O)(=O)NCC2CCCO2)c1. The minimum atomic E-state index is -3.87. The summed E-state index contributed by atoms with van der Waals surface area (Å²) in [5.41, 5.74) is 2.05. The van der Waals surface area contributed by atoms with Crippen LogP contribution in [0.25, 0.3) is 0 Å². The van der Waals surface area contributed by atoms with Gasteiger partial charge in [-0.05, 0) is 48.7 Å². The highest BCUT2D eigenvalue weighted by atomic mass is 35.5. The summed E-state index contributed by atoms with van der Waals surface area (Å²) in [4.78, 5) is 12.7. The zero-order valence-electron chi connectivity index (χ0n) is 16.7. The van der Waals surface area contributed by atoms with Crippen LogP contribution in [0.2, 0.25) is 5.02 Å². The first-order valence-corrected chi connectivity index (χ1v) is 13.9. The van der Waals surface area contributed by atoms with Crippen molar-refractivity contribution in [2.75, 3.05) is 30.0 Å². The van der Waals surface area contributed by atoms with Crippen LogP contribution in [0.4, 0.5) is 5.69 Å². The standard InChI is InChI=1S/C21H23ClN2O4S3/c22-18-7-6-14(12-19(18)31(26,27)23-13-17-5-2-8-28-17)20(25)24-16-4-1-3-15(11-16)21-29-9-10-30-21/h1,3-4,6-7,11-12,17,21,23H,2,5,8-10,13H2,(H,24,25). The van der Waals surface area contributed by atoms with E-state index in [1.165, 1.54) is 18.2 Å². The lowest BCUT2D eigenvalue weighted by Crippen LogP contribution is -2.32. The van der Waals surface area contributed by atoms with Gasteiger partial charge in [-0.1, -0.05) is 23.7 Å². The van der Waals surface area contributed by atoms with Crippen molar-refractivity contribution in [3.63, 3.8) is 0 Å². The van der Waals surface area contributed by atoms with Gasteiger partial charge in [0, 0.05) is 35.9 Å². The molecule has 0 aliphatic carbocycles. The largest absolute Gasteiger partial charge is 0.377 e. The number of halogens is 1. The first-order chi connectivity index (χ1) is 14.9. The van der Waals surface area contributed by atoms with Gasteiger partial charge in [0.05, 0.1) is 15.7 Å². The lowest BCUT2D eigenvalue weighted by Gasteiger charge is -2.14. The number of nitrogens with one attached hydrogen (secondary N) is 2. The molecule has 2 aliphatic heterocycles. The monoisotopic (exact) mass is 498 g/mol. The van der Waals surface area contributed by atoms with E-state index >= 15 is 0 Å². The molecule has 2 heterocycles. The van der Waals surface area contributed by atoms with E-state index in [2.05, 4.69) is 16.1 Å². The van der Waals surface area contributed by atoms with Gasteiger partial charge in [-0.3, -0.25) is 4.79 Å². The van der Waals surface area contributed by atoms with E-state index < -0.39 is 15.9 Å². The summed E-state index contributed by atoms with van der Waals surface area (Å²) < 4.78 is 33.9. The van der Waals surface area contributed by atoms with E-state index in [1.807, 2.05) is 41.7 Å². The van der Waals surface area contributed by atoms with Gasteiger partial charge in [-0.25, -0.2) is 13.1 Å². The number of amides is 1. The molecule has 0 bridgehead atoms. The number of sulfonamides is 1. The van der Waals surface area contributed by atoms with E-state index in [9.17, 15) is 13.2 Å². The minimum Gasteiger partial charge on any atom is -0.377 e. The Morgan fingerprint density at radius 1 is 1.16 bits per heavy atom. The van der Waals surface area contributed by atoms with E-state index in [1.54, 1.807) is 0 Å². The molecular weight excluding hydrogens is 476 g/mol. The van der Waals surface area contributed by atoms with Crippen LogP contribution < -0.4 is 10.0 Å². The molecule has 2 fully saturated rings. The molecule has 2 aliphatic rings. The number of thioether (sulfide) groups is 2. The van der Waals surface area contributed by atoms with Gasteiger partial charge in [-0.15, -0.1) is 23.5 Å². The second-order valence-corrected chi connectivity index (χ2v) is 12.2. The fraction of sp³-hybridized carbons (Fsp3) is 0.381. The molecule has 2 saturated heterocycles. The van der Waals surface area contributed by atoms with Crippen LogP contribution in [0.5, 0.6) is 0 Å². The van der Waals surface area contributed by atoms with Gasteiger partial charge in [0.25, 0.3) is 5.91 Å². The van der Waals surface area contributed by atoms with Crippen molar-refractivity contribution in [2.45, 2.75) is 28.4 Å². The Kier molecular flexibility index (Phi) is 7.51. The molecule has 2 aromatic rings. The molecule has 0 saturated carbocycles. The Labute approximate surface area is 195 Å². The third-order valence-corrected chi connectivity index (χ3v) is 10.1. The van der Waals surface area contributed by atoms with Crippen molar-refractivity contribution in [1.82, 2.24) is 4.72 Å². The number of hydrogen-bond acceptors (Lipinski definition) is 6. The molecule has 0 radical (unpaired) electrons. The zero-order valence-corrected chi connectivity index (χ0v) is 19.9. The summed E-state index contributed by atoms with van der Waals surface area (Å²) in [7, 11) is -3.87. The molecule has 10 heteroatoms. The summed E-state index contributed by atoms with van der Waals surface area (Å²) in [5, 5.41) is 2.92. The highest BCUT2D eigenvalue weighted by molar-refractivity contribution is 8.19. The Morgan fingerprint density at radius 3 is 2.71 bits per heavy atom.